The second-order valence-electron chi connectivity index (χ2n) is 3.76. The van der Waals surface area contributed by atoms with Crippen molar-refractivity contribution in [3.8, 4) is 5.75 Å². The van der Waals surface area contributed by atoms with Gasteiger partial charge < -0.3 is 14.9 Å². The molecule has 1 aromatic heterocycles. The quantitative estimate of drug-likeness (QED) is 0.810. The van der Waals surface area contributed by atoms with Crippen LogP contribution in [0.5, 0.6) is 5.75 Å². The Morgan fingerprint density at radius 1 is 1.35 bits per heavy atom. The van der Waals surface area contributed by atoms with Gasteiger partial charge in [0.2, 0.25) is 5.89 Å². The molecule has 17 heavy (non-hydrogen) atoms. The number of aromatic nitrogens is 2. The van der Waals surface area contributed by atoms with Crippen LogP contribution in [0.1, 0.15) is 17.3 Å². The van der Waals surface area contributed by atoms with Gasteiger partial charge in [0.25, 0.3) is 0 Å². The van der Waals surface area contributed by atoms with E-state index in [0.29, 0.717) is 24.6 Å². The first-order chi connectivity index (χ1) is 8.29. The van der Waals surface area contributed by atoms with Crippen LogP contribution >= 0.6 is 0 Å². The van der Waals surface area contributed by atoms with Crippen molar-refractivity contribution in [1.82, 2.24) is 15.5 Å². The fourth-order valence-electron chi connectivity index (χ4n) is 1.53. The van der Waals surface area contributed by atoms with E-state index in [0.717, 1.165) is 12.1 Å². The van der Waals surface area contributed by atoms with Crippen LogP contribution < -0.4 is 5.32 Å². The zero-order valence-corrected chi connectivity index (χ0v) is 9.68. The van der Waals surface area contributed by atoms with E-state index in [1.807, 2.05) is 19.2 Å². The summed E-state index contributed by atoms with van der Waals surface area (Å²) >= 11 is 0. The van der Waals surface area contributed by atoms with Crippen LogP contribution in [0.25, 0.3) is 0 Å². The minimum Gasteiger partial charge on any atom is -0.508 e. The maximum atomic E-state index is 9.62. The lowest BCUT2D eigenvalue weighted by Gasteiger charge is -1.99. The summed E-state index contributed by atoms with van der Waals surface area (Å²) in [6.45, 7) is 0.804. The highest BCUT2D eigenvalue weighted by atomic mass is 16.5. The number of nitrogens with zero attached hydrogens (tertiary/aromatic N) is 2. The third-order valence-corrected chi connectivity index (χ3v) is 2.44. The SMILES string of the molecule is CNCCc1nc(Cc2ccccc2O)no1. The highest BCUT2D eigenvalue weighted by Gasteiger charge is 2.08. The lowest BCUT2D eigenvalue weighted by Crippen LogP contribution is -2.10. The van der Waals surface area contributed by atoms with Gasteiger partial charge in [0.1, 0.15) is 5.75 Å². The molecule has 0 atom stereocenters. The summed E-state index contributed by atoms with van der Waals surface area (Å²) < 4.78 is 5.10. The Morgan fingerprint density at radius 3 is 2.94 bits per heavy atom. The Labute approximate surface area is 99.5 Å². The number of phenolic OH excluding ortho intramolecular Hbond substituents is 1. The Morgan fingerprint density at radius 2 is 2.18 bits per heavy atom. The molecule has 0 amide bonds. The van der Waals surface area contributed by atoms with Crippen LogP contribution in [0, 0.1) is 0 Å². The number of hydrogen-bond donors (Lipinski definition) is 2. The summed E-state index contributed by atoms with van der Waals surface area (Å²) in [5.74, 6) is 1.47. The summed E-state index contributed by atoms with van der Waals surface area (Å²) in [5, 5.41) is 16.5. The topological polar surface area (TPSA) is 71.2 Å². The molecule has 5 heteroatoms. The maximum Gasteiger partial charge on any atom is 0.227 e. The standard InChI is InChI=1S/C12H15N3O2/c1-13-7-6-12-14-11(15-17-12)8-9-4-2-3-5-10(9)16/h2-5,13,16H,6-8H2,1H3. The van der Waals surface area contributed by atoms with Crippen LogP contribution in [0.15, 0.2) is 28.8 Å². The molecule has 2 rings (SSSR count). The molecule has 0 aliphatic rings. The number of para-hydroxylation sites is 1. The Hall–Kier alpha value is -1.88. The molecule has 0 spiro atoms. The zero-order valence-electron chi connectivity index (χ0n) is 9.68. The summed E-state index contributed by atoms with van der Waals surface area (Å²) in [6, 6.07) is 7.15. The van der Waals surface area contributed by atoms with Crippen molar-refractivity contribution >= 4 is 0 Å². The number of rotatable bonds is 5. The van der Waals surface area contributed by atoms with Crippen molar-refractivity contribution in [2.45, 2.75) is 12.8 Å². The molecule has 0 radical (unpaired) electrons. The molecular weight excluding hydrogens is 218 g/mol. The molecule has 1 aromatic carbocycles. The van der Waals surface area contributed by atoms with E-state index >= 15 is 0 Å². The first-order valence-electron chi connectivity index (χ1n) is 5.52. The normalized spacial score (nSPS) is 10.6. The summed E-state index contributed by atoms with van der Waals surface area (Å²) in [6.07, 6.45) is 1.19. The molecule has 0 saturated heterocycles. The van der Waals surface area contributed by atoms with Crippen molar-refractivity contribution in [3.63, 3.8) is 0 Å². The molecule has 1 heterocycles. The number of phenols is 1. The minimum absolute atomic E-state index is 0.258. The lowest BCUT2D eigenvalue weighted by atomic mass is 10.1. The third kappa shape index (κ3) is 3.04. The van der Waals surface area contributed by atoms with Crippen molar-refractivity contribution < 1.29 is 9.63 Å². The summed E-state index contributed by atoms with van der Waals surface area (Å²) in [5.41, 5.74) is 0.800. The van der Waals surface area contributed by atoms with Gasteiger partial charge >= 0.3 is 0 Å². The van der Waals surface area contributed by atoms with Crippen LogP contribution in [-0.4, -0.2) is 28.8 Å². The van der Waals surface area contributed by atoms with E-state index < -0.39 is 0 Å². The molecule has 5 nitrogen and oxygen atoms in total. The molecule has 0 bridgehead atoms. The molecule has 0 fully saturated rings. The largest absolute Gasteiger partial charge is 0.508 e. The van der Waals surface area contributed by atoms with Crippen molar-refractivity contribution in [2.75, 3.05) is 13.6 Å². The van der Waals surface area contributed by atoms with E-state index in [2.05, 4.69) is 15.5 Å². The van der Waals surface area contributed by atoms with Gasteiger partial charge in [-0.3, -0.25) is 0 Å². The average molecular weight is 233 g/mol. The van der Waals surface area contributed by atoms with Crippen LogP contribution in [-0.2, 0) is 12.8 Å². The smallest absolute Gasteiger partial charge is 0.227 e. The molecule has 0 saturated carbocycles. The van der Waals surface area contributed by atoms with Gasteiger partial charge in [-0.25, -0.2) is 0 Å². The van der Waals surface area contributed by atoms with E-state index in [1.165, 1.54) is 0 Å². The second-order valence-corrected chi connectivity index (χ2v) is 3.76. The van der Waals surface area contributed by atoms with Gasteiger partial charge in [-0.05, 0) is 13.1 Å². The van der Waals surface area contributed by atoms with Gasteiger partial charge in [-0.2, -0.15) is 4.98 Å². The van der Waals surface area contributed by atoms with E-state index in [1.54, 1.807) is 12.1 Å². The highest BCUT2D eigenvalue weighted by Crippen LogP contribution is 2.18. The van der Waals surface area contributed by atoms with Crippen molar-refractivity contribution in [1.29, 1.82) is 0 Å². The Kier molecular flexibility index (Phi) is 3.72. The Balaban J connectivity index is 2.04. The molecular formula is C12H15N3O2. The highest BCUT2D eigenvalue weighted by molar-refractivity contribution is 5.33. The second kappa shape index (κ2) is 5.45. The monoisotopic (exact) mass is 233 g/mol. The number of hydrogen-bond acceptors (Lipinski definition) is 5. The minimum atomic E-state index is 0.258. The Bertz CT molecular complexity index is 482. The predicted molar refractivity (Wildman–Crippen MR) is 62.8 cm³/mol. The summed E-state index contributed by atoms with van der Waals surface area (Å²) in [7, 11) is 1.87. The molecule has 0 aliphatic heterocycles. The van der Waals surface area contributed by atoms with Crippen molar-refractivity contribution in [2.24, 2.45) is 0 Å². The fraction of sp³-hybridized carbons (Fsp3) is 0.333. The number of nitrogens with one attached hydrogen (secondary N) is 1. The van der Waals surface area contributed by atoms with Crippen molar-refractivity contribution in [3.05, 3.63) is 41.5 Å². The lowest BCUT2D eigenvalue weighted by molar-refractivity contribution is 0.372. The summed E-state index contributed by atoms with van der Waals surface area (Å²) in [4.78, 5) is 4.26. The van der Waals surface area contributed by atoms with Gasteiger partial charge in [0.15, 0.2) is 5.82 Å². The molecule has 2 aromatic rings. The zero-order chi connectivity index (χ0) is 12.1. The first-order valence-corrected chi connectivity index (χ1v) is 5.52. The maximum absolute atomic E-state index is 9.62. The van der Waals surface area contributed by atoms with E-state index in [-0.39, 0.29) is 5.75 Å². The average Bonchev–Trinajstić information content (AvgIpc) is 2.77. The fourth-order valence-corrected chi connectivity index (χ4v) is 1.53. The number of aromatic hydroxyl groups is 1. The van der Waals surface area contributed by atoms with Gasteiger partial charge in [-0.1, -0.05) is 23.4 Å². The van der Waals surface area contributed by atoms with Gasteiger partial charge in [0, 0.05) is 24.9 Å². The van der Waals surface area contributed by atoms with Crippen LogP contribution in [0.2, 0.25) is 0 Å². The predicted octanol–water partition coefficient (Wildman–Crippen LogP) is 1.13. The molecule has 0 aliphatic carbocycles. The van der Waals surface area contributed by atoms with Crippen LogP contribution in [0.4, 0.5) is 0 Å². The van der Waals surface area contributed by atoms with E-state index in [9.17, 15) is 5.11 Å². The van der Waals surface area contributed by atoms with Gasteiger partial charge in [0.05, 0.1) is 0 Å². The first kappa shape index (κ1) is 11.6. The molecule has 90 valence electrons. The van der Waals surface area contributed by atoms with Crippen LogP contribution in [0.3, 0.4) is 0 Å². The number of benzene rings is 1. The number of likely N-dealkylation sites (N-methyl/N-ethyl adjacent to an activating group) is 1. The van der Waals surface area contributed by atoms with E-state index in [4.69, 9.17) is 4.52 Å². The molecule has 0 unspecified atom stereocenters. The van der Waals surface area contributed by atoms with Gasteiger partial charge in [-0.15, -0.1) is 0 Å². The molecule has 2 N–H and O–H groups in total. The third-order valence-electron chi connectivity index (χ3n) is 2.44.